The fourth-order valence-corrected chi connectivity index (χ4v) is 1.80. The largest absolute Gasteiger partial charge is 0.478 e. The molecule has 0 unspecified atom stereocenters. The fourth-order valence-electron chi connectivity index (χ4n) is 1.80. The number of pyridine rings is 1. The molecule has 0 bridgehead atoms. The molecule has 0 amide bonds. The van der Waals surface area contributed by atoms with Gasteiger partial charge in [0.05, 0.1) is 11.3 Å². The lowest BCUT2D eigenvalue weighted by Gasteiger charge is -2.05. The van der Waals surface area contributed by atoms with Crippen LogP contribution < -0.4 is 5.32 Å². The molecule has 0 saturated heterocycles. The second kappa shape index (κ2) is 6.77. The van der Waals surface area contributed by atoms with E-state index in [1.54, 1.807) is 18.2 Å². The standard InChI is InChI=1S/C15H15FN2O2/c16-14-4-2-1-3-11(14)7-8-17-10-13-6-5-12(9-18-13)15(19)20/h1-6,9,17H,7-8,10H2,(H,19,20). The Kier molecular flexibility index (Phi) is 4.79. The third-order valence-corrected chi connectivity index (χ3v) is 2.91. The van der Waals surface area contributed by atoms with Crippen LogP contribution in [0.25, 0.3) is 0 Å². The summed E-state index contributed by atoms with van der Waals surface area (Å²) in [6, 6.07) is 9.87. The Morgan fingerprint density at radius 2 is 2.05 bits per heavy atom. The Balaban J connectivity index is 1.79. The van der Waals surface area contributed by atoms with Crippen LogP contribution in [0.3, 0.4) is 0 Å². The summed E-state index contributed by atoms with van der Waals surface area (Å²) >= 11 is 0. The minimum atomic E-state index is -0.989. The van der Waals surface area contributed by atoms with Gasteiger partial charge in [0.1, 0.15) is 5.82 Å². The predicted molar refractivity (Wildman–Crippen MR) is 73.0 cm³/mol. The van der Waals surface area contributed by atoms with Crippen LogP contribution in [0.15, 0.2) is 42.6 Å². The maximum atomic E-state index is 13.4. The van der Waals surface area contributed by atoms with E-state index in [4.69, 9.17) is 5.11 Å². The Labute approximate surface area is 116 Å². The number of nitrogens with one attached hydrogen (secondary N) is 1. The monoisotopic (exact) mass is 274 g/mol. The van der Waals surface area contributed by atoms with E-state index in [0.717, 1.165) is 5.69 Å². The van der Waals surface area contributed by atoms with Gasteiger partial charge in [0.15, 0.2) is 0 Å². The van der Waals surface area contributed by atoms with Gasteiger partial charge in [-0.15, -0.1) is 0 Å². The maximum Gasteiger partial charge on any atom is 0.337 e. The number of nitrogens with zero attached hydrogens (tertiary/aromatic N) is 1. The van der Waals surface area contributed by atoms with Gasteiger partial charge in [0.25, 0.3) is 0 Å². The number of benzene rings is 1. The zero-order chi connectivity index (χ0) is 14.4. The lowest BCUT2D eigenvalue weighted by molar-refractivity contribution is 0.0696. The third-order valence-electron chi connectivity index (χ3n) is 2.91. The van der Waals surface area contributed by atoms with E-state index in [1.165, 1.54) is 18.3 Å². The van der Waals surface area contributed by atoms with Gasteiger partial charge in [-0.2, -0.15) is 0 Å². The number of carbonyl (C=O) groups is 1. The SMILES string of the molecule is O=C(O)c1ccc(CNCCc2ccccc2F)nc1. The normalized spacial score (nSPS) is 10.4. The van der Waals surface area contributed by atoms with Gasteiger partial charge in [-0.3, -0.25) is 4.98 Å². The summed E-state index contributed by atoms with van der Waals surface area (Å²) in [6.07, 6.45) is 1.93. The number of rotatable bonds is 6. The molecule has 1 heterocycles. The van der Waals surface area contributed by atoms with E-state index < -0.39 is 5.97 Å². The minimum Gasteiger partial charge on any atom is -0.478 e. The van der Waals surface area contributed by atoms with Crippen molar-refractivity contribution >= 4 is 5.97 Å². The summed E-state index contributed by atoms with van der Waals surface area (Å²) in [6.45, 7) is 1.15. The summed E-state index contributed by atoms with van der Waals surface area (Å²) < 4.78 is 13.4. The van der Waals surface area contributed by atoms with Crippen molar-refractivity contribution in [1.29, 1.82) is 0 Å². The van der Waals surface area contributed by atoms with Crippen molar-refractivity contribution < 1.29 is 14.3 Å². The first-order valence-electron chi connectivity index (χ1n) is 6.29. The van der Waals surface area contributed by atoms with Gasteiger partial charge in [-0.25, -0.2) is 9.18 Å². The van der Waals surface area contributed by atoms with Crippen molar-refractivity contribution in [2.45, 2.75) is 13.0 Å². The summed E-state index contributed by atoms with van der Waals surface area (Å²) in [5, 5.41) is 11.9. The molecule has 5 heteroatoms. The Hall–Kier alpha value is -2.27. The van der Waals surface area contributed by atoms with E-state index in [0.29, 0.717) is 25.1 Å². The van der Waals surface area contributed by atoms with Gasteiger partial charge in [0.2, 0.25) is 0 Å². The molecule has 0 fully saturated rings. The number of carboxylic acid groups (broad SMARTS) is 1. The van der Waals surface area contributed by atoms with Crippen molar-refractivity contribution in [3.8, 4) is 0 Å². The molecule has 20 heavy (non-hydrogen) atoms. The average Bonchev–Trinajstić information content (AvgIpc) is 2.46. The summed E-state index contributed by atoms with van der Waals surface area (Å²) in [7, 11) is 0. The molecule has 1 aromatic carbocycles. The molecule has 104 valence electrons. The van der Waals surface area contributed by atoms with Crippen molar-refractivity contribution in [1.82, 2.24) is 10.3 Å². The number of hydrogen-bond donors (Lipinski definition) is 2. The van der Waals surface area contributed by atoms with Crippen LogP contribution >= 0.6 is 0 Å². The molecule has 0 aliphatic heterocycles. The minimum absolute atomic E-state index is 0.167. The van der Waals surface area contributed by atoms with E-state index in [9.17, 15) is 9.18 Å². The van der Waals surface area contributed by atoms with Gasteiger partial charge >= 0.3 is 5.97 Å². The maximum absolute atomic E-state index is 13.4. The van der Waals surface area contributed by atoms with Crippen LogP contribution in [0.1, 0.15) is 21.6 Å². The fraction of sp³-hybridized carbons (Fsp3) is 0.200. The predicted octanol–water partition coefficient (Wildman–Crippen LogP) is 2.25. The topological polar surface area (TPSA) is 62.2 Å². The summed E-state index contributed by atoms with van der Waals surface area (Å²) in [4.78, 5) is 14.7. The second-order valence-electron chi connectivity index (χ2n) is 4.36. The number of aromatic carboxylic acids is 1. The Bertz CT molecular complexity index is 585. The van der Waals surface area contributed by atoms with Gasteiger partial charge in [-0.05, 0) is 36.7 Å². The molecular formula is C15H15FN2O2. The van der Waals surface area contributed by atoms with Crippen LogP contribution in [0, 0.1) is 5.82 Å². The zero-order valence-electron chi connectivity index (χ0n) is 10.8. The molecule has 1 aromatic heterocycles. The van der Waals surface area contributed by atoms with Crippen molar-refractivity contribution in [3.63, 3.8) is 0 Å². The highest BCUT2D eigenvalue weighted by molar-refractivity contribution is 5.87. The average molecular weight is 274 g/mol. The molecule has 0 atom stereocenters. The van der Waals surface area contributed by atoms with Crippen LogP contribution in [0.2, 0.25) is 0 Å². The molecule has 2 aromatic rings. The van der Waals surface area contributed by atoms with Crippen LogP contribution in [-0.4, -0.2) is 22.6 Å². The molecule has 0 spiro atoms. The van der Waals surface area contributed by atoms with Gasteiger partial charge in [0, 0.05) is 12.7 Å². The van der Waals surface area contributed by atoms with Crippen molar-refractivity contribution in [2.75, 3.05) is 6.54 Å². The Morgan fingerprint density at radius 3 is 2.70 bits per heavy atom. The first kappa shape index (κ1) is 14.1. The number of aromatic nitrogens is 1. The van der Waals surface area contributed by atoms with Gasteiger partial charge in [-0.1, -0.05) is 18.2 Å². The third kappa shape index (κ3) is 3.86. The molecule has 0 aliphatic rings. The molecule has 2 rings (SSSR count). The van der Waals surface area contributed by atoms with Crippen LogP contribution in [-0.2, 0) is 13.0 Å². The van der Waals surface area contributed by atoms with E-state index in [1.807, 2.05) is 6.07 Å². The van der Waals surface area contributed by atoms with Crippen LogP contribution in [0.4, 0.5) is 4.39 Å². The molecule has 0 radical (unpaired) electrons. The molecule has 0 saturated carbocycles. The molecule has 4 nitrogen and oxygen atoms in total. The highest BCUT2D eigenvalue weighted by atomic mass is 19.1. The number of hydrogen-bond acceptors (Lipinski definition) is 3. The molecule has 0 aliphatic carbocycles. The lowest BCUT2D eigenvalue weighted by atomic mass is 10.1. The number of carboxylic acids is 1. The summed E-state index contributed by atoms with van der Waals surface area (Å²) in [5.41, 5.74) is 1.60. The Morgan fingerprint density at radius 1 is 1.25 bits per heavy atom. The quantitative estimate of drug-likeness (QED) is 0.793. The van der Waals surface area contributed by atoms with Crippen molar-refractivity contribution in [3.05, 3.63) is 65.2 Å². The van der Waals surface area contributed by atoms with Crippen LogP contribution in [0.5, 0.6) is 0 Å². The zero-order valence-corrected chi connectivity index (χ0v) is 10.8. The molecular weight excluding hydrogens is 259 g/mol. The van der Waals surface area contributed by atoms with E-state index in [-0.39, 0.29) is 11.4 Å². The van der Waals surface area contributed by atoms with Crippen molar-refractivity contribution in [2.24, 2.45) is 0 Å². The van der Waals surface area contributed by atoms with E-state index >= 15 is 0 Å². The summed E-state index contributed by atoms with van der Waals surface area (Å²) in [5.74, 6) is -1.19. The first-order chi connectivity index (χ1) is 9.66. The smallest absolute Gasteiger partial charge is 0.337 e. The highest BCUT2D eigenvalue weighted by Crippen LogP contribution is 2.06. The first-order valence-corrected chi connectivity index (χ1v) is 6.29. The molecule has 2 N–H and O–H groups in total. The highest BCUT2D eigenvalue weighted by Gasteiger charge is 2.03. The van der Waals surface area contributed by atoms with E-state index in [2.05, 4.69) is 10.3 Å². The lowest BCUT2D eigenvalue weighted by Crippen LogP contribution is -2.18. The second-order valence-corrected chi connectivity index (χ2v) is 4.36. The van der Waals surface area contributed by atoms with Gasteiger partial charge < -0.3 is 10.4 Å². The number of halogens is 1.